The van der Waals surface area contributed by atoms with Gasteiger partial charge in [0.2, 0.25) is 11.8 Å². The van der Waals surface area contributed by atoms with Crippen molar-refractivity contribution in [2.24, 2.45) is 17.3 Å². The topological polar surface area (TPSA) is 83.1 Å². The van der Waals surface area contributed by atoms with E-state index in [0.717, 1.165) is 50.4 Å². The van der Waals surface area contributed by atoms with Gasteiger partial charge in [-0.25, -0.2) is 0 Å². The molecule has 0 radical (unpaired) electrons. The average Bonchev–Trinajstić information content (AvgIpc) is 4.16. The van der Waals surface area contributed by atoms with Crippen LogP contribution in [0.15, 0.2) is 36.4 Å². The number of nitrogens with zero attached hydrogens (tertiary/aromatic N) is 2. The van der Waals surface area contributed by atoms with Crippen LogP contribution in [0.1, 0.15) is 226 Å². The van der Waals surface area contributed by atoms with Crippen molar-refractivity contribution < 1.29 is 19.1 Å². The van der Waals surface area contributed by atoms with Crippen molar-refractivity contribution in [2.75, 3.05) is 60.8 Å². The highest BCUT2D eigenvalue weighted by Gasteiger charge is 2.84. The summed E-state index contributed by atoms with van der Waals surface area (Å²) >= 11 is 0. The molecule has 380 valence electrons. The maximum atomic E-state index is 13.0. The third-order valence-electron chi connectivity index (χ3n) is 15.5. The van der Waals surface area contributed by atoms with Crippen molar-refractivity contribution >= 4 is 34.6 Å². The van der Waals surface area contributed by atoms with E-state index in [1.54, 1.807) is 13.8 Å². The van der Waals surface area contributed by atoms with Crippen LogP contribution in [-0.4, -0.2) is 64.4 Å². The highest BCUT2D eigenvalue weighted by Crippen LogP contribution is 2.85. The van der Waals surface area contributed by atoms with Crippen LogP contribution in [0.25, 0.3) is 0 Å². The predicted molar refractivity (Wildman–Crippen MR) is 287 cm³/mol. The van der Waals surface area contributed by atoms with Crippen molar-refractivity contribution in [1.29, 1.82) is 0 Å². The van der Waals surface area contributed by atoms with Gasteiger partial charge in [0.15, 0.2) is 0 Å². The Morgan fingerprint density at radius 2 is 0.970 bits per heavy atom. The summed E-state index contributed by atoms with van der Waals surface area (Å²) in [6.45, 7) is 18.8. The van der Waals surface area contributed by atoms with Crippen LogP contribution in [0.2, 0.25) is 0 Å². The largest absolute Gasteiger partial charge is 0.382 e. The SMILES string of the molecule is CCCCCCCCN(CCCCCCCC)c1ccc(CC2C(OC)C23C(CC(C)OC)C3c2ccc(N(CCCCCCCC)CCCCCCCC)cc2NC(C)=O)c(NC(C)=O)c1. The van der Waals surface area contributed by atoms with E-state index in [9.17, 15) is 9.59 Å². The zero-order chi connectivity index (χ0) is 48.4. The minimum atomic E-state index is -0.0826. The molecular weight excluding hydrogens is 829 g/mol. The Morgan fingerprint density at radius 1 is 0.567 bits per heavy atom. The van der Waals surface area contributed by atoms with Gasteiger partial charge in [-0.2, -0.15) is 0 Å². The van der Waals surface area contributed by atoms with Gasteiger partial charge < -0.3 is 29.9 Å². The molecule has 6 unspecified atom stereocenters. The fourth-order valence-corrected chi connectivity index (χ4v) is 11.7. The van der Waals surface area contributed by atoms with E-state index in [0.29, 0.717) is 5.92 Å². The number of nitrogens with one attached hydrogen (secondary N) is 2. The first-order chi connectivity index (χ1) is 32.6. The first-order valence-corrected chi connectivity index (χ1v) is 28.0. The van der Waals surface area contributed by atoms with Crippen LogP contribution < -0.4 is 20.4 Å². The molecule has 2 amide bonds. The minimum absolute atomic E-state index is 0.0361. The van der Waals surface area contributed by atoms with E-state index in [-0.39, 0.29) is 41.3 Å². The lowest BCUT2D eigenvalue weighted by atomic mass is 10.00. The summed E-state index contributed by atoms with van der Waals surface area (Å²) in [4.78, 5) is 31.1. The number of hydrogen-bond acceptors (Lipinski definition) is 6. The van der Waals surface area contributed by atoms with Crippen LogP contribution in [0, 0.1) is 17.3 Å². The molecule has 0 saturated heterocycles. The molecule has 0 aromatic heterocycles. The summed E-state index contributed by atoms with van der Waals surface area (Å²) in [7, 11) is 3.69. The van der Waals surface area contributed by atoms with E-state index in [2.05, 4.69) is 91.5 Å². The molecule has 2 aromatic rings. The fraction of sp³-hybridized carbons (Fsp3) is 0.763. The van der Waals surface area contributed by atoms with Crippen LogP contribution >= 0.6 is 0 Å². The van der Waals surface area contributed by atoms with Gasteiger partial charge in [0.1, 0.15) is 0 Å². The molecule has 67 heavy (non-hydrogen) atoms. The summed E-state index contributed by atoms with van der Waals surface area (Å²) in [5.74, 6) is 0.746. The first kappa shape index (κ1) is 56.5. The van der Waals surface area contributed by atoms with E-state index >= 15 is 0 Å². The molecule has 2 aliphatic rings. The average molecular weight is 929 g/mol. The van der Waals surface area contributed by atoms with Gasteiger partial charge in [0, 0.05) is 82.4 Å². The van der Waals surface area contributed by atoms with E-state index in [1.807, 2.05) is 14.2 Å². The molecule has 0 bridgehead atoms. The fourth-order valence-electron chi connectivity index (χ4n) is 11.7. The maximum Gasteiger partial charge on any atom is 0.221 e. The molecule has 2 fully saturated rings. The number of hydrogen-bond donors (Lipinski definition) is 2. The lowest BCUT2D eigenvalue weighted by molar-refractivity contribution is -0.115. The number of ether oxygens (including phenoxy) is 2. The molecular formula is C59H100N4O4. The highest BCUT2D eigenvalue weighted by atomic mass is 16.5. The molecule has 0 aliphatic heterocycles. The summed E-state index contributed by atoms with van der Waals surface area (Å²) < 4.78 is 12.4. The van der Waals surface area contributed by atoms with Crippen LogP contribution in [0.5, 0.6) is 0 Å². The number of amides is 2. The lowest BCUT2D eigenvalue weighted by Gasteiger charge is -2.27. The molecule has 2 aliphatic carbocycles. The molecule has 8 heteroatoms. The van der Waals surface area contributed by atoms with E-state index < -0.39 is 0 Å². The van der Waals surface area contributed by atoms with E-state index in [4.69, 9.17) is 9.47 Å². The third kappa shape index (κ3) is 17.7. The van der Waals surface area contributed by atoms with Gasteiger partial charge in [0.05, 0.1) is 12.2 Å². The number of rotatable bonds is 39. The van der Waals surface area contributed by atoms with Gasteiger partial charge in [-0.1, -0.05) is 168 Å². The number of benzene rings is 2. The zero-order valence-corrected chi connectivity index (χ0v) is 44.6. The summed E-state index contributed by atoms with van der Waals surface area (Å²) in [5, 5.41) is 6.61. The molecule has 8 nitrogen and oxygen atoms in total. The minimum Gasteiger partial charge on any atom is -0.382 e. The second kappa shape index (κ2) is 31.2. The second-order valence-electron chi connectivity index (χ2n) is 20.9. The van der Waals surface area contributed by atoms with E-state index in [1.165, 1.54) is 177 Å². The van der Waals surface area contributed by atoms with Crippen molar-refractivity contribution in [3.8, 4) is 0 Å². The maximum absolute atomic E-state index is 13.0. The summed E-state index contributed by atoms with van der Waals surface area (Å²) in [6.07, 6.45) is 32.6. The van der Waals surface area contributed by atoms with Crippen LogP contribution in [-0.2, 0) is 25.5 Å². The zero-order valence-electron chi connectivity index (χ0n) is 44.6. The monoisotopic (exact) mass is 929 g/mol. The van der Waals surface area contributed by atoms with Crippen molar-refractivity contribution in [1.82, 2.24) is 0 Å². The van der Waals surface area contributed by atoms with Gasteiger partial charge in [-0.05, 0) is 98.6 Å². The van der Waals surface area contributed by atoms with Gasteiger partial charge in [0.25, 0.3) is 0 Å². The Morgan fingerprint density at radius 3 is 1.39 bits per heavy atom. The van der Waals surface area contributed by atoms with Gasteiger partial charge in [-0.15, -0.1) is 0 Å². The Kier molecular flexibility index (Phi) is 26.3. The van der Waals surface area contributed by atoms with Crippen molar-refractivity contribution in [3.05, 3.63) is 47.5 Å². The molecule has 4 rings (SSSR count). The number of carbonyl (C=O) groups excluding carboxylic acids is 2. The number of anilines is 4. The Hall–Kier alpha value is -3.10. The number of carbonyl (C=O) groups is 2. The van der Waals surface area contributed by atoms with Crippen LogP contribution in [0.4, 0.5) is 22.7 Å². The molecule has 1 spiro atoms. The predicted octanol–water partition coefficient (Wildman–Crippen LogP) is 15.7. The Labute approximate surface area is 411 Å². The molecule has 2 saturated carbocycles. The van der Waals surface area contributed by atoms with Crippen molar-refractivity contribution in [3.63, 3.8) is 0 Å². The van der Waals surface area contributed by atoms with Gasteiger partial charge >= 0.3 is 0 Å². The summed E-state index contributed by atoms with van der Waals surface area (Å²) in [5.41, 5.74) is 6.59. The molecule has 2 N–H and O–H groups in total. The molecule has 2 aromatic carbocycles. The quantitative estimate of drug-likeness (QED) is 0.0650. The van der Waals surface area contributed by atoms with Gasteiger partial charge in [-0.3, -0.25) is 9.59 Å². The first-order valence-electron chi connectivity index (χ1n) is 28.0. The Balaban J connectivity index is 1.63. The smallest absolute Gasteiger partial charge is 0.221 e. The van der Waals surface area contributed by atoms with Crippen LogP contribution in [0.3, 0.4) is 0 Å². The highest BCUT2D eigenvalue weighted by molar-refractivity contribution is 5.91. The number of unbranched alkanes of at least 4 members (excludes halogenated alkanes) is 20. The Bertz CT molecular complexity index is 1670. The normalized spacial score (nSPS) is 20.0. The molecule has 6 atom stereocenters. The number of methoxy groups -OCH3 is 2. The summed E-state index contributed by atoms with van der Waals surface area (Å²) in [6, 6.07) is 13.8. The lowest BCUT2D eigenvalue weighted by Crippen LogP contribution is -2.26. The second-order valence-corrected chi connectivity index (χ2v) is 20.9. The van der Waals surface area contributed by atoms with Crippen molar-refractivity contribution in [2.45, 2.75) is 234 Å². The molecule has 0 heterocycles. The standard InChI is InChI=1S/C59H100N4O4/c1-10-14-18-22-26-30-38-62(39-31-27-23-19-15-11-2)50-35-34-49(55(44-50)60-47(6)64)43-54-58(67-9)59(54)53(42-46(5)66-8)57(59)52-37-36-51(45-56(52)61-48(7)65)63(40-32-28-24-20-16-12-3)41-33-29-25-21-17-13-4/h34-37,44-46,53-54,57-58H,10-33,38-43H2,1-9H3,(H,60,64)(H,61,65). The third-order valence-corrected chi connectivity index (χ3v) is 15.5.